The summed E-state index contributed by atoms with van der Waals surface area (Å²) in [5, 5.41) is 20.5. The lowest BCUT2D eigenvalue weighted by molar-refractivity contribution is -0.136. The Morgan fingerprint density at radius 1 is 1.55 bits per heavy atom. The van der Waals surface area contributed by atoms with Crippen LogP contribution in [0.5, 0.6) is 0 Å². The number of aryl methyl sites for hydroxylation is 1. The number of benzene rings is 1. The van der Waals surface area contributed by atoms with E-state index < -0.39 is 18.1 Å². The van der Waals surface area contributed by atoms with Crippen LogP contribution < -0.4 is 10.6 Å². The van der Waals surface area contributed by atoms with Crippen molar-refractivity contribution in [2.24, 2.45) is 7.05 Å². The number of carbonyl (C=O) groups is 1. The van der Waals surface area contributed by atoms with Crippen LogP contribution in [0, 0.1) is 17.3 Å². The van der Waals surface area contributed by atoms with E-state index in [1.54, 1.807) is 26.4 Å². The summed E-state index contributed by atoms with van der Waals surface area (Å²) in [5.41, 5.74) is 1.57. The van der Waals surface area contributed by atoms with E-state index in [1.807, 2.05) is 12.1 Å². The minimum Gasteiger partial charge on any atom is -0.379 e. The number of thiazole rings is 1. The normalized spacial score (nSPS) is 20.1. The fourth-order valence-corrected chi connectivity index (χ4v) is 4.65. The highest BCUT2D eigenvalue weighted by Crippen LogP contribution is 2.30. The molecule has 33 heavy (non-hydrogen) atoms. The highest BCUT2D eigenvalue weighted by atomic mass is 32.1. The molecule has 3 atom stereocenters. The van der Waals surface area contributed by atoms with Crippen molar-refractivity contribution >= 4 is 28.1 Å². The number of aromatic nitrogens is 3. The van der Waals surface area contributed by atoms with Crippen molar-refractivity contribution in [2.75, 3.05) is 26.8 Å². The molecule has 1 aromatic carbocycles. The minimum absolute atomic E-state index is 0.0735. The van der Waals surface area contributed by atoms with Crippen molar-refractivity contribution in [1.82, 2.24) is 25.4 Å². The monoisotopic (exact) mass is 472 g/mol. The van der Waals surface area contributed by atoms with Gasteiger partial charge in [0.1, 0.15) is 12.1 Å². The fraction of sp³-hybridized carbons (Fsp3) is 0.455. The van der Waals surface area contributed by atoms with Gasteiger partial charge in [-0.2, -0.15) is 9.65 Å². The lowest BCUT2D eigenvalue weighted by atomic mass is 10.1. The van der Waals surface area contributed by atoms with E-state index in [1.165, 1.54) is 16.0 Å². The quantitative estimate of drug-likeness (QED) is 0.562. The molecule has 0 saturated carbocycles. The van der Waals surface area contributed by atoms with Crippen LogP contribution in [0.15, 0.2) is 24.4 Å². The topological polar surface area (TPSA) is 114 Å². The second-order valence-corrected chi connectivity index (χ2v) is 8.95. The number of nitrogens with zero attached hydrogens (tertiary/aromatic N) is 4. The van der Waals surface area contributed by atoms with E-state index in [-0.39, 0.29) is 18.4 Å². The van der Waals surface area contributed by atoms with Crippen LogP contribution >= 0.6 is 11.3 Å². The maximum Gasteiger partial charge on any atom is 0.251 e. The summed E-state index contributed by atoms with van der Waals surface area (Å²) in [6, 6.07) is 6.77. The number of hydrogen-bond acceptors (Lipinski definition) is 8. The summed E-state index contributed by atoms with van der Waals surface area (Å²) < 4.78 is 26.3. The number of carbonyl (C=O) groups excluding carboxylic acids is 1. The molecule has 9 nitrogen and oxygen atoms in total. The van der Waals surface area contributed by atoms with Gasteiger partial charge in [-0.15, -0.1) is 16.4 Å². The van der Waals surface area contributed by atoms with Crippen molar-refractivity contribution < 1.29 is 18.7 Å². The number of rotatable bonds is 6. The number of amides is 1. The molecule has 1 amide bonds. The molecule has 3 heterocycles. The maximum atomic E-state index is 13.8. The van der Waals surface area contributed by atoms with E-state index in [2.05, 4.69) is 26.8 Å². The summed E-state index contributed by atoms with van der Waals surface area (Å²) in [5.74, 6) is -0.843. The molecule has 0 aliphatic carbocycles. The smallest absolute Gasteiger partial charge is 0.251 e. The van der Waals surface area contributed by atoms with Crippen molar-refractivity contribution in [3.8, 4) is 16.5 Å². The van der Waals surface area contributed by atoms with Gasteiger partial charge >= 0.3 is 0 Å². The molecule has 0 radical (unpaired) electrons. The number of methoxy groups -OCH3 is 1. The first-order valence-electron chi connectivity index (χ1n) is 10.6. The van der Waals surface area contributed by atoms with Gasteiger partial charge < -0.3 is 20.1 Å². The lowest BCUT2D eigenvalue weighted by Crippen LogP contribution is -2.49. The molecule has 2 aromatic heterocycles. The molecule has 1 fully saturated rings. The van der Waals surface area contributed by atoms with Gasteiger partial charge in [-0.1, -0.05) is 6.07 Å². The van der Waals surface area contributed by atoms with Crippen molar-refractivity contribution in [1.29, 1.82) is 5.26 Å². The van der Waals surface area contributed by atoms with E-state index >= 15 is 0 Å². The first-order valence-corrected chi connectivity index (χ1v) is 11.4. The zero-order valence-corrected chi connectivity index (χ0v) is 19.2. The molecule has 174 valence electrons. The molecule has 1 saturated heterocycles. The second kappa shape index (κ2) is 10.4. The van der Waals surface area contributed by atoms with Crippen molar-refractivity contribution in [3.05, 3.63) is 35.4 Å². The molecule has 4 rings (SSSR count). The van der Waals surface area contributed by atoms with E-state index in [0.717, 1.165) is 23.4 Å². The van der Waals surface area contributed by atoms with Crippen LogP contribution in [0.3, 0.4) is 0 Å². The highest BCUT2D eigenvalue weighted by Gasteiger charge is 2.25. The Bertz CT molecular complexity index is 1170. The van der Waals surface area contributed by atoms with Crippen LogP contribution in [0.2, 0.25) is 0 Å². The first-order chi connectivity index (χ1) is 16.0. The van der Waals surface area contributed by atoms with Crippen LogP contribution in [-0.4, -0.2) is 65.7 Å². The molecule has 0 unspecified atom stereocenters. The Balaban J connectivity index is 1.40. The molecular formula is C22H25FN6O3S. The predicted molar refractivity (Wildman–Crippen MR) is 121 cm³/mol. The Kier molecular flexibility index (Phi) is 7.29. The molecular weight excluding hydrogens is 447 g/mol. The number of nitriles is 1. The van der Waals surface area contributed by atoms with Crippen molar-refractivity contribution in [2.45, 2.75) is 31.1 Å². The van der Waals surface area contributed by atoms with E-state index in [4.69, 9.17) is 9.47 Å². The maximum absolute atomic E-state index is 13.8. The van der Waals surface area contributed by atoms with Gasteiger partial charge in [-0.05, 0) is 30.7 Å². The van der Waals surface area contributed by atoms with Gasteiger partial charge in [-0.25, -0.2) is 4.98 Å². The number of fused-ring (bicyclic) bond motifs is 1. The minimum atomic E-state index is -0.739. The van der Waals surface area contributed by atoms with Crippen molar-refractivity contribution in [3.63, 3.8) is 0 Å². The van der Waals surface area contributed by atoms with Crippen LogP contribution in [0.1, 0.15) is 11.4 Å². The van der Waals surface area contributed by atoms with Gasteiger partial charge in [0.15, 0.2) is 0 Å². The van der Waals surface area contributed by atoms with E-state index in [0.29, 0.717) is 29.1 Å². The average molecular weight is 473 g/mol. The fourth-order valence-electron chi connectivity index (χ4n) is 3.69. The summed E-state index contributed by atoms with van der Waals surface area (Å²) in [7, 11) is 3.31. The van der Waals surface area contributed by atoms with Gasteiger partial charge in [0, 0.05) is 33.3 Å². The number of ether oxygens (including phenoxy) is 2. The summed E-state index contributed by atoms with van der Waals surface area (Å²) >= 11 is 1.43. The molecule has 1 aliphatic heterocycles. The van der Waals surface area contributed by atoms with Crippen LogP contribution in [0.4, 0.5) is 4.39 Å². The van der Waals surface area contributed by atoms with Gasteiger partial charge in [0.2, 0.25) is 5.95 Å². The Labute approximate surface area is 194 Å². The standard InChI is InChI=1S/C22H25FN6O3S/c1-29-17-7-13(3-4-16(17)21(23)28-29)19-11-26-20(33-19)8-14(9-24)27-22(30)18-10-25-6-5-15(31-2)12-32-18/h3-4,7,11,14-15,18,25H,5-6,8,10,12H2,1-2H3,(H,27,30)/t14-,15+,18-/m0/s1. The Morgan fingerprint density at radius 3 is 3.18 bits per heavy atom. The zero-order chi connectivity index (χ0) is 23.4. The van der Waals surface area contributed by atoms with Gasteiger partial charge in [0.05, 0.1) is 39.6 Å². The molecule has 11 heteroatoms. The number of nitrogens with one attached hydrogen (secondary N) is 2. The lowest BCUT2D eigenvalue weighted by Gasteiger charge is -2.25. The third-order valence-corrected chi connectivity index (χ3v) is 6.65. The second-order valence-electron chi connectivity index (χ2n) is 7.83. The third-order valence-electron chi connectivity index (χ3n) is 5.58. The molecule has 3 aromatic rings. The Morgan fingerprint density at radius 2 is 2.39 bits per heavy atom. The van der Waals surface area contributed by atoms with E-state index in [9.17, 15) is 14.4 Å². The zero-order valence-electron chi connectivity index (χ0n) is 18.4. The highest BCUT2D eigenvalue weighted by molar-refractivity contribution is 7.15. The number of hydrogen-bond donors (Lipinski definition) is 2. The summed E-state index contributed by atoms with van der Waals surface area (Å²) in [6.45, 7) is 1.43. The molecule has 1 aliphatic rings. The third kappa shape index (κ3) is 5.36. The predicted octanol–water partition coefficient (Wildman–Crippen LogP) is 1.78. The summed E-state index contributed by atoms with van der Waals surface area (Å²) in [4.78, 5) is 18.0. The molecule has 2 N–H and O–H groups in total. The molecule has 0 bridgehead atoms. The molecule has 0 spiro atoms. The first kappa shape index (κ1) is 23.3. The van der Waals surface area contributed by atoms with Gasteiger partial charge in [0.25, 0.3) is 5.91 Å². The Hall–Kier alpha value is -2.91. The van der Waals surface area contributed by atoms with Crippen LogP contribution in [0.25, 0.3) is 21.3 Å². The average Bonchev–Trinajstić information content (AvgIpc) is 3.37. The number of halogens is 1. The SMILES string of the molecule is CO[C@@H]1CCNC[C@@H](C(=O)N[C@H](C#N)Cc2ncc(-c3ccc4c(F)nn(C)c4c3)s2)OC1. The largest absolute Gasteiger partial charge is 0.379 e. The van der Waals surface area contributed by atoms with Crippen LogP contribution in [-0.2, 0) is 27.7 Å². The van der Waals surface area contributed by atoms with Gasteiger partial charge in [-0.3, -0.25) is 9.48 Å². The summed E-state index contributed by atoms with van der Waals surface area (Å²) in [6.07, 6.45) is 2.03.